The van der Waals surface area contributed by atoms with Crippen molar-refractivity contribution < 1.29 is 4.79 Å². The zero-order chi connectivity index (χ0) is 22.0. The second-order valence-electron chi connectivity index (χ2n) is 7.30. The summed E-state index contributed by atoms with van der Waals surface area (Å²) in [5.41, 5.74) is 2.20. The molecule has 0 atom stereocenters. The number of halogens is 1. The van der Waals surface area contributed by atoms with Gasteiger partial charge in [-0.05, 0) is 57.1 Å². The number of benzene rings is 1. The van der Waals surface area contributed by atoms with E-state index in [2.05, 4.69) is 24.1 Å². The second kappa shape index (κ2) is 9.29. The summed E-state index contributed by atoms with van der Waals surface area (Å²) >= 11 is 7.69. The molecular weight excluding hydrogens is 420 g/mol. The summed E-state index contributed by atoms with van der Waals surface area (Å²) in [6.45, 7) is 12.0. The first-order valence-corrected chi connectivity index (χ1v) is 11.2. The minimum absolute atomic E-state index is 0.0985. The van der Waals surface area contributed by atoms with Gasteiger partial charge < -0.3 is 5.32 Å². The second-order valence-corrected chi connectivity index (χ2v) is 8.92. The minimum atomic E-state index is -0.283. The van der Waals surface area contributed by atoms with Crippen LogP contribution in [0.5, 0.6) is 0 Å². The number of fused-ring (bicyclic) bond motifs is 1. The first kappa shape index (κ1) is 22.5. The average molecular weight is 447 g/mol. The molecular formula is C22H27ClN4O2S. The van der Waals surface area contributed by atoms with E-state index < -0.39 is 0 Å². The summed E-state index contributed by atoms with van der Waals surface area (Å²) in [7, 11) is 0. The number of nitrogens with one attached hydrogen (secondary N) is 1. The van der Waals surface area contributed by atoms with Crippen molar-refractivity contribution in [2.75, 3.05) is 18.4 Å². The van der Waals surface area contributed by atoms with Crippen LogP contribution in [0.25, 0.3) is 10.2 Å². The van der Waals surface area contributed by atoms with Crippen molar-refractivity contribution in [1.82, 2.24) is 14.5 Å². The molecule has 0 saturated carbocycles. The molecule has 0 unspecified atom stereocenters. The monoisotopic (exact) mass is 446 g/mol. The fourth-order valence-corrected chi connectivity index (χ4v) is 4.59. The summed E-state index contributed by atoms with van der Waals surface area (Å²) in [4.78, 5) is 35.0. The van der Waals surface area contributed by atoms with Gasteiger partial charge in [0.15, 0.2) is 0 Å². The van der Waals surface area contributed by atoms with Crippen LogP contribution in [0, 0.1) is 20.8 Å². The maximum absolute atomic E-state index is 13.4. The van der Waals surface area contributed by atoms with Crippen LogP contribution < -0.4 is 10.9 Å². The normalized spacial score (nSPS) is 11.4. The number of rotatable bonds is 7. The molecule has 160 valence electrons. The van der Waals surface area contributed by atoms with Crippen molar-refractivity contribution >= 4 is 44.7 Å². The van der Waals surface area contributed by atoms with E-state index in [1.807, 2.05) is 20.8 Å². The van der Waals surface area contributed by atoms with Crippen LogP contribution in [0.4, 0.5) is 5.69 Å². The zero-order valence-corrected chi connectivity index (χ0v) is 19.6. The summed E-state index contributed by atoms with van der Waals surface area (Å²) in [5, 5.41) is 4.07. The maximum Gasteiger partial charge on any atom is 0.263 e. The number of carbonyl (C=O) groups is 1. The molecule has 1 amide bonds. The van der Waals surface area contributed by atoms with Crippen LogP contribution in [0.1, 0.15) is 35.7 Å². The average Bonchev–Trinajstić information content (AvgIpc) is 3.00. The first-order valence-electron chi connectivity index (χ1n) is 10.0. The number of aryl methyl sites for hydroxylation is 2. The minimum Gasteiger partial charge on any atom is -0.324 e. The largest absolute Gasteiger partial charge is 0.324 e. The van der Waals surface area contributed by atoms with Crippen LogP contribution in [0.3, 0.4) is 0 Å². The lowest BCUT2D eigenvalue weighted by Crippen LogP contribution is -2.34. The molecule has 0 aliphatic carbocycles. The molecule has 2 aromatic heterocycles. The van der Waals surface area contributed by atoms with Crippen molar-refractivity contribution in [1.29, 1.82) is 0 Å². The standard InChI is InChI=1S/C22H27ClN4O2S/c1-6-26(7-2)11-18-25-21-20(13(3)15(5)30-21)22(29)27(18)12-19(28)24-17-10-8-9-16(23)14(17)4/h8-10H,6-7,11-12H2,1-5H3,(H,24,28). The highest BCUT2D eigenvalue weighted by Gasteiger charge is 2.19. The van der Waals surface area contributed by atoms with E-state index in [1.54, 1.807) is 18.2 Å². The number of nitrogens with zero attached hydrogens (tertiary/aromatic N) is 3. The van der Waals surface area contributed by atoms with E-state index >= 15 is 0 Å². The Morgan fingerprint density at radius 1 is 1.20 bits per heavy atom. The molecule has 0 aliphatic heterocycles. The van der Waals surface area contributed by atoms with Crippen LogP contribution in [-0.4, -0.2) is 33.4 Å². The molecule has 0 saturated heterocycles. The maximum atomic E-state index is 13.4. The predicted octanol–water partition coefficient (Wildman–Crippen LogP) is 4.52. The van der Waals surface area contributed by atoms with Crippen LogP contribution in [0.15, 0.2) is 23.0 Å². The van der Waals surface area contributed by atoms with Crippen molar-refractivity contribution in [2.45, 2.75) is 47.7 Å². The van der Waals surface area contributed by atoms with E-state index in [-0.39, 0.29) is 18.0 Å². The van der Waals surface area contributed by atoms with Crippen molar-refractivity contribution in [2.24, 2.45) is 0 Å². The Kier molecular flexibility index (Phi) is 6.95. The molecule has 2 heterocycles. The third kappa shape index (κ3) is 4.43. The lowest BCUT2D eigenvalue weighted by molar-refractivity contribution is -0.116. The highest BCUT2D eigenvalue weighted by molar-refractivity contribution is 7.18. The molecule has 3 aromatic rings. The zero-order valence-electron chi connectivity index (χ0n) is 18.0. The lowest BCUT2D eigenvalue weighted by Gasteiger charge is -2.20. The van der Waals surface area contributed by atoms with Crippen LogP contribution in [-0.2, 0) is 17.9 Å². The Labute approximate surface area is 185 Å². The molecule has 1 N–H and O–H groups in total. The van der Waals surface area contributed by atoms with Crippen molar-refractivity contribution in [3.05, 3.63) is 55.4 Å². The molecule has 1 aromatic carbocycles. The van der Waals surface area contributed by atoms with Gasteiger partial charge in [0, 0.05) is 15.6 Å². The summed E-state index contributed by atoms with van der Waals surface area (Å²) in [5.74, 6) is 0.324. The van der Waals surface area contributed by atoms with E-state index in [1.165, 1.54) is 15.9 Å². The Morgan fingerprint density at radius 3 is 2.57 bits per heavy atom. The fraction of sp³-hybridized carbons (Fsp3) is 0.409. The van der Waals surface area contributed by atoms with Gasteiger partial charge in [-0.15, -0.1) is 11.3 Å². The van der Waals surface area contributed by atoms with E-state index in [0.29, 0.717) is 28.5 Å². The molecule has 8 heteroatoms. The van der Waals surface area contributed by atoms with Gasteiger partial charge in [0.25, 0.3) is 5.56 Å². The predicted molar refractivity (Wildman–Crippen MR) is 125 cm³/mol. The third-order valence-electron chi connectivity index (χ3n) is 5.47. The highest BCUT2D eigenvalue weighted by Crippen LogP contribution is 2.27. The first-order chi connectivity index (χ1) is 14.3. The van der Waals surface area contributed by atoms with Gasteiger partial charge in [-0.1, -0.05) is 31.5 Å². The topological polar surface area (TPSA) is 67.2 Å². The van der Waals surface area contributed by atoms with Gasteiger partial charge >= 0.3 is 0 Å². The quantitative estimate of drug-likeness (QED) is 0.579. The number of amides is 1. The van der Waals surface area contributed by atoms with Crippen molar-refractivity contribution in [3.63, 3.8) is 0 Å². The Bertz CT molecular complexity index is 1150. The molecule has 30 heavy (non-hydrogen) atoms. The van der Waals surface area contributed by atoms with Gasteiger partial charge in [-0.25, -0.2) is 4.98 Å². The number of aromatic nitrogens is 2. The Hall–Kier alpha value is -2.22. The molecule has 0 aliphatic rings. The van der Waals surface area contributed by atoms with E-state index in [9.17, 15) is 9.59 Å². The Balaban J connectivity index is 2.02. The fourth-order valence-electron chi connectivity index (χ4n) is 3.38. The summed E-state index contributed by atoms with van der Waals surface area (Å²) in [6, 6.07) is 5.36. The van der Waals surface area contributed by atoms with Crippen molar-refractivity contribution in [3.8, 4) is 0 Å². The number of hydrogen-bond acceptors (Lipinski definition) is 5. The van der Waals surface area contributed by atoms with Gasteiger partial charge in [0.05, 0.1) is 11.9 Å². The summed E-state index contributed by atoms with van der Waals surface area (Å²) in [6.07, 6.45) is 0. The molecule has 0 bridgehead atoms. The number of thiophene rings is 1. The molecule has 0 spiro atoms. The lowest BCUT2D eigenvalue weighted by atomic mass is 10.2. The van der Waals surface area contributed by atoms with Gasteiger partial charge in [-0.2, -0.15) is 0 Å². The van der Waals surface area contributed by atoms with Gasteiger partial charge in [0.2, 0.25) is 5.91 Å². The van der Waals surface area contributed by atoms with E-state index in [4.69, 9.17) is 16.6 Å². The summed E-state index contributed by atoms with van der Waals surface area (Å²) < 4.78 is 1.51. The molecule has 3 rings (SSSR count). The van der Waals surface area contributed by atoms with Crippen LogP contribution >= 0.6 is 22.9 Å². The van der Waals surface area contributed by atoms with Gasteiger partial charge in [-0.3, -0.25) is 19.1 Å². The third-order valence-corrected chi connectivity index (χ3v) is 6.98. The molecule has 0 radical (unpaired) electrons. The Morgan fingerprint density at radius 2 is 1.90 bits per heavy atom. The number of hydrogen-bond donors (Lipinski definition) is 1. The van der Waals surface area contributed by atoms with E-state index in [0.717, 1.165) is 33.9 Å². The smallest absolute Gasteiger partial charge is 0.263 e. The number of carbonyl (C=O) groups excluding carboxylic acids is 1. The van der Waals surface area contributed by atoms with Crippen LogP contribution in [0.2, 0.25) is 5.02 Å². The van der Waals surface area contributed by atoms with Gasteiger partial charge in [0.1, 0.15) is 17.2 Å². The number of anilines is 1. The molecule has 6 nitrogen and oxygen atoms in total. The molecule has 0 fully saturated rings. The highest BCUT2D eigenvalue weighted by atomic mass is 35.5. The SMILES string of the molecule is CCN(CC)Cc1nc2sc(C)c(C)c2c(=O)n1CC(=O)Nc1cccc(Cl)c1C.